The van der Waals surface area contributed by atoms with Gasteiger partial charge in [-0.2, -0.15) is 5.10 Å². The highest BCUT2D eigenvalue weighted by molar-refractivity contribution is 5.99. The fourth-order valence-corrected chi connectivity index (χ4v) is 2.55. The fraction of sp³-hybridized carbons (Fsp3) is 0.100. The number of rotatable bonds is 4. The lowest BCUT2D eigenvalue weighted by Gasteiger charge is -2.06. The van der Waals surface area contributed by atoms with Gasteiger partial charge in [0.2, 0.25) is 5.91 Å². The van der Waals surface area contributed by atoms with E-state index in [0.717, 1.165) is 27.6 Å². The molecule has 3 aromatic rings. The van der Waals surface area contributed by atoms with Gasteiger partial charge >= 0.3 is 0 Å². The fourth-order valence-electron chi connectivity index (χ4n) is 2.55. The second kappa shape index (κ2) is 6.88. The van der Waals surface area contributed by atoms with Crippen LogP contribution in [-0.4, -0.2) is 11.6 Å². The standard InChI is InChI=1S/C20H18N2O/c1-15(16-8-3-2-4-9-16)21-22-20(23)14-18-12-7-11-17-10-5-6-13-19(17)18/h2-13H,14H2,1H3,(H,22,23). The predicted molar refractivity (Wildman–Crippen MR) is 94.4 cm³/mol. The number of fused-ring (bicyclic) bond motifs is 1. The molecule has 0 aliphatic carbocycles. The van der Waals surface area contributed by atoms with Gasteiger partial charge in [-0.05, 0) is 28.8 Å². The zero-order chi connectivity index (χ0) is 16.1. The van der Waals surface area contributed by atoms with Crippen molar-refractivity contribution in [3.63, 3.8) is 0 Å². The molecule has 114 valence electrons. The molecule has 0 unspecified atom stereocenters. The number of benzene rings is 3. The average Bonchev–Trinajstić information content (AvgIpc) is 2.61. The molecule has 3 nitrogen and oxygen atoms in total. The van der Waals surface area contributed by atoms with Crippen molar-refractivity contribution in [3.05, 3.63) is 83.9 Å². The third-order valence-electron chi connectivity index (χ3n) is 3.77. The molecule has 1 amide bonds. The minimum absolute atomic E-state index is 0.114. The van der Waals surface area contributed by atoms with Gasteiger partial charge in [0.05, 0.1) is 12.1 Å². The monoisotopic (exact) mass is 302 g/mol. The third-order valence-corrected chi connectivity index (χ3v) is 3.77. The summed E-state index contributed by atoms with van der Waals surface area (Å²) in [4.78, 5) is 12.2. The molecule has 3 heteroatoms. The number of hydrogen-bond acceptors (Lipinski definition) is 2. The summed E-state index contributed by atoms with van der Waals surface area (Å²) in [6.07, 6.45) is 0.312. The maximum atomic E-state index is 12.2. The van der Waals surface area contributed by atoms with E-state index in [1.165, 1.54) is 0 Å². The Hall–Kier alpha value is -2.94. The number of hydrogen-bond donors (Lipinski definition) is 1. The van der Waals surface area contributed by atoms with Gasteiger partial charge in [0.1, 0.15) is 0 Å². The second-order valence-corrected chi connectivity index (χ2v) is 5.41. The van der Waals surface area contributed by atoms with Crippen molar-refractivity contribution in [2.75, 3.05) is 0 Å². The van der Waals surface area contributed by atoms with Gasteiger partial charge in [-0.1, -0.05) is 72.8 Å². The maximum absolute atomic E-state index is 12.2. The van der Waals surface area contributed by atoms with E-state index in [2.05, 4.69) is 22.7 Å². The van der Waals surface area contributed by atoms with Crippen LogP contribution in [0.15, 0.2) is 77.9 Å². The van der Waals surface area contributed by atoms with E-state index >= 15 is 0 Å². The number of carbonyl (C=O) groups excluding carboxylic acids is 1. The van der Waals surface area contributed by atoms with Crippen molar-refractivity contribution in [1.29, 1.82) is 0 Å². The molecule has 0 heterocycles. The number of nitrogens with one attached hydrogen (secondary N) is 1. The topological polar surface area (TPSA) is 41.5 Å². The molecule has 0 aromatic heterocycles. The summed E-state index contributed by atoms with van der Waals surface area (Å²) in [6.45, 7) is 1.88. The first-order valence-electron chi connectivity index (χ1n) is 7.59. The Morgan fingerprint density at radius 3 is 2.43 bits per heavy atom. The van der Waals surface area contributed by atoms with Gasteiger partial charge < -0.3 is 0 Å². The molecular formula is C20H18N2O. The smallest absolute Gasteiger partial charge is 0.244 e. The van der Waals surface area contributed by atoms with Gasteiger partial charge in [0.15, 0.2) is 0 Å². The zero-order valence-corrected chi connectivity index (χ0v) is 13.0. The lowest BCUT2D eigenvalue weighted by Crippen LogP contribution is -2.21. The predicted octanol–water partition coefficient (Wildman–Crippen LogP) is 3.92. The molecule has 0 bridgehead atoms. The molecule has 0 saturated carbocycles. The van der Waals surface area contributed by atoms with E-state index in [4.69, 9.17) is 0 Å². The van der Waals surface area contributed by atoms with Crippen LogP contribution in [0, 0.1) is 0 Å². The van der Waals surface area contributed by atoms with Gasteiger partial charge in [0.25, 0.3) is 0 Å². The number of nitrogens with zero attached hydrogens (tertiary/aromatic N) is 1. The molecule has 0 saturated heterocycles. The van der Waals surface area contributed by atoms with Crippen molar-refractivity contribution in [1.82, 2.24) is 5.43 Å². The molecule has 0 spiro atoms. The number of amides is 1. The first kappa shape index (κ1) is 15.0. The highest BCUT2D eigenvalue weighted by atomic mass is 16.2. The summed E-state index contributed by atoms with van der Waals surface area (Å²) in [5, 5.41) is 6.43. The quantitative estimate of drug-likeness (QED) is 0.576. The normalized spacial score (nSPS) is 11.4. The van der Waals surface area contributed by atoms with Crippen LogP contribution in [0.25, 0.3) is 10.8 Å². The molecule has 0 atom stereocenters. The number of hydrazone groups is 1. The molecule has 0 aliphatic rings. The van der Waals surface area contributed by atoms with Crippen molar-refractivity contribution >= 4 is 22.4 Å². The van der Waals surface area contributed by atoms with Gasteiger partial charge in [-0.3, -0.25) is 4.79 Å². The Bertz CT molecular complexity index is 848. The molecule has 3 rings (SSSR count). The average molecular weight is 302 g/mol. The summed E-state index contributed by atoms with van der Waals surface area (Å²) >= 11 is 0. The summed E-state index contributed by atoms with van der Waals surface area (Å²) in [5.74, 6) is -0.114. The SMILES string of the molecule is CC(=NNC(=O)Cc1cccc2ccccc12)c1ccccc1. The Labute approximate surface area is 135 Å². The van der Waals surface area contributed by atoms with Crippen LogP contribution < -0.4 is 5.43 Å². The highest BCUT2D eigenvalue weighted by Gasteiger charge is 2.06. The van der Waals surface area contributed by atoms with E-state index < -0.39 is 0 Å². The van der Waals surface area contributed by atoms with E-state index in [0.29, 0.717) is 6.42 Å². The van der Waals surface area contributed by atoms with Crippen LogP contribution in [0.1, 0.15) is 18.1 Å². The van der Waals surface area contributed by atoms with Gasteiger partial charge in [-0.15, -0.1) is 0 Å². The summed E-state index contributed by atoms with van der Waals surface area (Å²) < 4.78 is 0. The van der Waals surface area contributed by atoms with Crippen LogP contribution in [0.5, 0.6) is 0 Å². The van der Waals surface area contributed by atoms with Crippen molar-refractivity contribution in [3.8, 4) is 0 Å². The minimum atomic E-state index is -0.114. The van der Waals surface area contributed by atoms with Crippen LogP contribution in [0.3, 0.4) is 0 Å². The lowest BCUT2D eigenvalue weighted by atomic mass is 10.0. The first-order valence-corrected chi connectivity index (χ1v) is 7.59. The maximum Gasteiger partial charge on any atom is 0.244 e. The lowest BCUT2D eigenvalue weighted by molar-refractivity contribution is -0.120. The molecule has 1 N–H and O–H groups in total. The molecule has 0 fully saturated rings. The Balaban J connectivity index is 1.72. The van der Waals surface area contributed by atoms with Crippen LogP contribution in [0.2, 0.25) is 0 Å². The largest absolute Gasteiger partial charge is 0.273 e. The molecule has 0 aliphatic heterocycles. The van der Waals surface area contributed by atoms with Crippen molar-refractivity contribution in [2.45, 2.75) is 13.3 Å². The minimum Gasteiger partial charge on any atom is -0.273 e. The summed E-state index contributed by atoms with van der Waals surface area (Å²) in [7, 11) is 0. The Morgan fingerprint density at radius 1 is 0.913 bits per heavy atom. The van der Waals surface area contributed by atoms with Crippen molar-refractivity contribution < 1.29 is 4.79 Å². The summed E-state index contributed by atoms with van der Waals surface area (Å²) in [6, 6.07) is 23.9. The van der Waals surface area contributed by atoms with E-state index in [1.807, 2.05) is 67.6 Å². The van der Waals surface area contributed by atoms with Crippen LogP contribution >= 0.6 is 0 Å². The Morgan fingerprint density at radius 2 is 1.61 bits per heavy atom. The summed E-state index contributed by atoms with van der Waals surface area (Å²) in [5.41, 5.74) is 5.44. The first-order chi connectivity index (χ1) is 11.2. The molecule has 0 radical (unpaired) electrons. The molecule has 23 heavy (non-hydrogen) atoms. The molecular weight excluding hydrogens is 284 g/mol. The van der Waals surface area contributed by atoms with E-state index in [-0.39, 0.29) is 5.91 Å². The van der Waals surface area contributed by atoms with Gasteiger partial charge in [0, 0.05) is 0 Å². The third kappa shape index (κ3) is 3.64. The highest BCUT2D eigenvalue weighted by Crippen LogP contribution is 2.18. The molecule has 3 aromatic carbocycles. The van der Waals surface area contributed by atoms with Crippen molar-refractivity contribution in [2.24, 2.45) is 5.10 Å². The number of carbonyl (C=O) groups is 1. The Kier molecular flexibility index (Phi) is 4.48. The van der Waals surface area contributed by atoms with Crippen LogP contribution in [-0.2, 0) is 11.2 Å². The van der Waals surface area contributed by atoms with E-state index in [1.54, 1.807) is 0 Å². The van der Waals surface area contributed by atoms with Gasteiger partial charge in [-0.25, -0.2) is 5.43 Å². The van der Waals surface area contributed by atoms with E-state index in [9.17, 15) is 4.79 Å². The zero-order valence-electron chi connectivity index (χ0n) is 13.0. The van der Waals surface area contributed by atoms with Crippen LogP contribution in [0.4, 0.5) is 0 Å². The second-order valence-electron chi connectivity index (χ2n) is 5.41.